The summed E-state index contributed by atoms with van der Waals surface area (Å²) in [7, 11) is 0. The Balaban J connectivity index is 1.43. The standard InChI is InChI=1S/C27H42O4/c1-4-6-7-8-15-30-26(29)31-24-14-13-23-22-11-9-19-16-20(28)10-12-21(19)25(22)18(5-2)17-27(23,24)3/h16,18,21-25H,4-15,17H2,1-3H3/t18-,21-,22-,23-,24-,25+,27-/m0/s1. The summed E-state index contributed by atoms with van der Waals surface area (Å²) in [6.07, 6.45) is 14.4. The number of carbonyl (C=O) groups excluding carboxylic acids is 2. The molecule has 31 heavy (non-hydrogen) atoms. The Morgan fingerprint density at radius 2 is 1.94 bits per heavy atom. The highest BCUT2D eigenvalue weighted by atomic mass is 16.7. The van der Waals surface area contributed by atoms with E-state index in [0.717, 1.165) is 51.4 Å². The van der Waals surface area contributed by atoms with Crippen molar-refractivity contribution in [2.45, 2.75) is 104 Å². The Morgan fingerprint density at radius 1 is 1.10 bits per heavy atom. The zero-order chi connectivity index (χ0) is 22.0. The van der Waals surface area contributed by atoms with Crippen molar-refractivity contribution in [2.24, 2.45) is 35.0 Å². The number of unbranched alkanes of at least 4 members (excludes halogenated alkanes) is 3. The molecule has 0 N–H and O–H groups in total. The monoisotopic (exact) mass is 430 g/mol. The van der Waals surface area contributed by atoms with Gasteiger partial charge in [-0.1, -0.05) is 52.0 Å². The van der Waals surface area contributed by atoms with Crippen molar-refractivity contribution in [3.63, 3.8) is 0 Å². The van der Waals surface area contributed by atoms with E-state index in [0.29, 0.717) is 42.0 Å². The van der Waals surface area contributed by atoms with Crippen LogP contribution in [0.3, 0.4) is 0 Å². The van der Waals surface area contributed by atoms with Crippen LogP contribution in [0.2, 0.25) is 0 Å². The first-order valence-electron chi connectivity index (χ1n) is 13.0. The summed E-state index contributed by atoms with van der Waals surface area (Å²) in [6.45, 7) is 7.37. The maximum Gasteiger partial charge on any atom is 0.508 e. The molecule has 4 nitrogen and oxygen atoms in total. The molecule has 4 aliphatic rings. The number of fused-ring (bicyclic) bond motifs is 5. The van der Waals surface area contributed by atoms with Gasteiger partial charge in [0.1, 0.15) is 6.10 Å². The van der Waals surface area contributed by atoms with Gasteiger partial charge in [0.15, 0.2) is 5.78 Å². The zero-order valence-corrected chi connectivity index (χ0v) is 19.9. The van der Waals surface area contributed by atoms with E-state index < -0.39 is 6.16 Å². The highest BCUT2D eigenvalue weighted by molar-refractivity contribution is 5.91. The van der Waals surface area contributed by atoms with Crippen LogP contribution in [0.1, 0.15) is 97.8 Å². The fourth-order valence-electron chi connectivity index (χ4n) is 7.90. The highest BCUT2D eigenvalue weighted by Gasteiger charge is 2.60. The zero-order valence-electron chi connectivity index (χ0n) is 19.9. The second-order valence-electron chi connectivity index (χ2n) is 10.9. The molecule has 4 rings (SSSR count). The molecule has 174 valence electrons. The SMILES string of the molecule is CCCCCCOC(=O)O[C@H]1CC[C@H]2[C@@H]3CCC4=CC(=O)CC[C@@H]4[C@H]3[C@@H](CC)C[C@]12C. The molecule has 3 fully saturated rings. The predicted octanol–water partition coefficient (Wildman–Crippen LogP) is 6.87. The third-order valence-corrected chi connectivity index (χ3v) is 9.32. The van der Waals surface area contributed by atoms with E-state index >= 15 is 0 Å². The van der Waals surface area contributed by atoms with Crippen molar-refractivity contribution < 1.29 is 19.1 Å². The maximum atomic E-state index is 12.4. The summed E-state index contributed by atoms with van der Waals surface area (Å²) in [5.41, 5.74) is 1.51. The molecular weight excluding hydrogens is 388 g/mol. The van der Waals surface area contributed by atoms with Crippen molar-refractivity contribution in [2.75, 3.05) is 6.61 Å². The first kappa shape index (κ1) is 22.9. The molecule has 4 aliphatic carbocycles. The van der Waals surface area contributed by atoms with Crippen LogP contribution >= 0.6 is 0 Å². The Morgan fingerprint density at radius 3 is 2.71 bits per heavy atom. The lowest BCUT2D eigenvalue weighted by atomic mass is 9.48. The minimum Gasteiger partial charge on any atom is -0.434 e. The maximum absolute atomic E-state index is 12.4. The molecular formula is C27H42O4. The normalized spacial score (nSPS) is 39.2. The summed E-state index contributed by atoms with van der Waals surface area (Å²) >= 11 is 0. The van der Waals surface area contributed by atoms with Gasteiger partial charge in [0.05, 0.1) is 6.61 Å². The number of allylic oxidation sites excluding steroid dienone is 1. The van der Waals surface area contributed by atoms with E-state index in [2.05, 4.69) is 20.8 Å². The van der Waals surface area contributed by atoms with Gasteiger partial charge in [-0.05, 0) is 80.6 Å². The second kappa shape index (κ2) is 9.67. The van der Waals surface area contributed by atoms with Crippen LogP contribution in [-0.4, -0.2) is 24.6 Å². The summed E-state index contributed by atoms with van der Waals surface area (Å²) < 4.78 is 11.4. The molecule has 0 saturated heterocycles. The minimum absolute atomic E-state index is 0.0134. The first-order chi connectivity index (χ1) is 15.0. The van der Waals surface area contributed by atoms with Crippen LogP contribution in [0, 0.1) is 35.0 Å². The number of hydrogen-bond donors (Lipinski definition) is 0. The molecule has 0 aliphatic heterocycles. The molecule has 0 aromatic rings. The topological polar surface area (TPSA) is 52.6 Å². The molecule has 0 amide bonds. The average Bonchev–Trinajstić information content (AvgIpc) is 3.08. The number of carbonyl (C=O) groups is 2. The molecule has 0 aromatic carbocycles. The number of ketones is 1. The fourth-order valence-corrected chi connectivity index (χ4v) is 7.90. The van der Waals surface area contributed by atoms with Crippen molar-refractivity contribution in [3.05, 3.63) is 11.6 Å². The van der Waals surface area contributed by atoms with Gasteiger partial charge in [0, 0.05) is 11.8 Å². The fraction of sp³-hybridized carbons (Fsp3) is 0.852. The van der Waals surface area contributed by atoms with Gasteiger partial charge in [0.25, 0.3) is 0 Å². The predicted molar refractivity (Wildman–Crippen MR) is 122 cm³/mol. The Bertz CT molecular complexity index is 697. The van der Waals surface area contributed by atoms with E-state index in [1.807, 2.05) is 6.08 Å². The molecule has 0 heterocycles. The van der Waals surface area contributed by atoms with Gasteiger partial charge in [-0.3, -0.25) is 4.79 Å². The van der Waals surface area contributed by atoms with Gasteiger partial charge in [0.2, 0.25) is 0 Å². The van der Waals surface area contributed by atoms with Gasteiger partial charge >= 0.3 is 6.16 Å². The van der Waals surface area contributed by atoms with E-state index in [9.17, 15) is 9.59 Å². The van der Waals surface area contributed by atoms with Gasteiger partial charge in [-0.15, -0.1) is 0 Å². The number of ether oxygens (including phenoxy) is 2. The van der Waals surface area contributed by atoms with Crippen LogP contribution in [0.25, 0.3) is 0 Å². The quantitative estimate of drug-likeness (QED) is 0.327. The summed E-state index contributed by atoms with van der Waals surface area (Å²) in [6, 6.07) is 0. The lowest BCUT2D eigenvalue weighted by molar-refractivity contribution is -0.117. The molecule has 4 heteroatoms. The van der Waals surface area contributed by atoms with Crippen molar-refractivity contribution >= 4 is 11.9 Å². The average molecular weight is 431 g/mol. The second-order valence-corrected chi connectivity index (χ2v) is 10.9. The van der Waals surface area contributed by atoms with Crippen LogP contribution in [-0.2, 0) is 14.3 Å². The van der Waals surface area contributed by atoms with Crippen molar-refractivity contribution in [1.29, 1.82) is 0 Å². The molecule has 0 unspecified atom stereocenters. The van der Waals surface area contributed by atoms with Crippen molar-refractivity contribution in [3.8, 4) is 0 Å². The van der Waals surface area contributed by atoms with E-state index in [4.69, 9.17) is 9.47 Å². The van der Waals surface area contributed by atoms with E-state index in [1.54, 1.807) is 0 Å². The number of rotatable bonds is 7. The molecule has 3 saturated carbocycles. The molecule has 0 bridgehead atoms. The van der Waals surface area contributed by atoms with Crippen LogP contribution in [0.4, 0.5) is 4.79 Å². The smallest absolute Gasteiger partial charge is 0.434 e. The third kappa shape index (κ3) is 4.46. The minimum atomic E-state index is -0.460. The Labute approximate surface area is 188 Å². The van der Waals surface area contributed by atoms with E-state index in [-0.39, 0.29) is 11.5 Å². The van der Waals surface area contributed by atoms with Crippen molar-refractivity contribution in [1.82, 2.24) is 0 Å². The molecule has 0 aromatic heterocycles. The third-order valence-electron chi connectivity index (χ3n) is 9.32. The van der Waals surface area contributed by atoms with Gasteiger partial charge < -0.3 is 9.47 Å². The lowest BCUT2D eigenvalue weighted by Gasteiger charge is -2.57. The summed E-state index contributed by atoms with van der Waals surface area (Å²) in [5.74, 6) is 3.64. The molecule has 0 radical (unpaired) electrons. The van der Waals surface area contributed by atoms with Gasteiger partial charge in [-0.2, -0.15) is 0 Å². The Kier molecular flexibility index (Phi) is 7.13. The first-order valence-corrected chi connectivity index (χ1v) is 13.0. The largest absolute Gasteiger partial charge is 0.508 e. The summed E-state index contributed by atoms with van der Waals surface area (Å²) in [4.78, 5) is 24.4. The Hall–Kier alpha value is -1.32. The number of hydrogen-bond acceptors (Lipinski definition) is 4. The highest BCUT2D eigenvalue weighted by Crippen LogP contribution is 2.64. The van der Waals surface area contributed by atoms with E-state index in [1.165, 1.54) is 31.3 Å². The van der Waals surface area contributed by atoms with Crippen LogP contribution < -0.4 is 0 Å². The van der Waals surface area contributed by atoms with Crippen LogP contribution in [0.15, 0.2) is 11.6 Å². The summed E-state index contributed by atoms with van der Waals surface area (Å²) in [5, 5.41) is 0. The lowest BCUT2D eigenvalue weighted by Crippen LogP contribution is -2.52. The molecule has 0 spiro atoms. The van der Waals surface area contributed by atoms with Crippen LogP contribution in [0.5, 0.6) is 0 Å². The molecule has 7 atom stereocenters. The van der Waals surface area contributed by atoms with Gasteiger partial charge in [-0.25, -0.2) is 4.79 Å².